The monoisotopic (exact) mass is 176 g/mol. The van der Waals surface area contributed by atoms with Crippen molar-refractivity contribution in [2.45, 2.75) is 13.5 Å². The first-order valence-electron chi connectivity index (χ1n) is 4.22. The summed E-state index contributed by atoms with van der Waals surface area (Å²) in [6.07, 6.45) is 3.73. The van der Waals surface area contributed by atoms with Crippen molar-refractivity contribution in [2.24, 2.45) is 7.05 Å². The van der Waals surface area contributed by atoms with Crippen molar-refractivity contribution in [2.75, 3.05) is 0 Å². The first kappa shape index (κ1) is 8.04. The molecule has 0 aliphatic carbocycles. The van der Waals surface area contributed by atoms with Gasteiger partial charge in [-0.25, -0.2) is 0 Å². The second-order valence-electron chi connectivity index (χ2n) is 3.10. The van der Waals surface area contributed by atoms with E-state index in [2.05, 4.69) is 16.3 Å². The van der Waals surface area contributed by atoms with Crippen LogP contribution in [-0.4, -0.2) is 19.6 Å². The molecule has 0 unspecified atom stereocenters. The molecular weight excluding hydrogens is 164 g/mol. The Bertz CT molecular complexity index is 386. The van der Waals surface area contributed by atoms with Crippen LogP contribution < -0.4 is 0 Å². The first-order valence-corrected chi connectivity index (χ1v) is 4.22. The number of hydrogen-bond acceptors (Lipinski definition) is 2. The van der Waals surface area contributed by atoms with E-state index in [-0.39, 0.29) is 0 Å². The summed E-state index contributed by atoms with van der Waals surface area (Å²) >= 11 is 0. The van der Waals surface area contributed by atoms with Gasteiger partial charge in [-0.2, -0.15) is 10.2 Å². The van der Waals surface area contributed by atoms with Gasteiger partial charge in [-0.3, -0.25) is 9.36 Å². The standard InChI is InChI=1S/C9H12N4/c1-8-6-9(12(2)11-8)7-13-5-3-4-10-13/h3-6H,7H2,1-2H3. The van der Waals surface area contributed by atoms with Crippen molar-refractivity contribution in [1.82, 2.24) is 19.6 Å². The van der Waals surface area contributed by atoms with Crippen molar-refractivity contribution in [3.05, 3.63) is 35.9 Å². The van der Waals surface area contributed by atoms with E-state index in [0.717, 1.165) is 12.2 Å². The summed E-state index contributed by atoms with van der Waals surface area (Å²) in [5, 5.41) is 8.40. The van der Waals surface area contributed by atoms with E-state index < -0.39 is 0 Å². The lowest BCUT2D eigenvalue weighted by molar-refractivity contribution is 0.619. The lowest BCUT2D eigenvalue weighted by Crippen LogP contribution is -2.05. The normalized spacial score (nSPS) is 10.6. The van der Waals surface area contributed by atoms with E-state index in [4.69, 9.17) is 0 Å². The Balaban J connectivity index is 2.23. The molecule has 0 amide bonds. The molecule has 0 aromatic carbocycles. The first-order chi connectivity index (χ1) is 6.25. The van der Waals surface area contributed by atoms with Gasteiger partial charge in [0.2, 0.25) is 0 Å². The summed E-state index contributed by atoms with van der Waals surface area (Å²) in [5.41, 5.74) is 2.21. The fraction of sp³-hybridized carbons (Fsp3) is 0.333. The third kappa shape index (κ3) is 1.61. The van der Waals surface area contributed by atoms with Gasteiger partial charge < -0.3 is 0 Å². The Morgan fingerprint density at radius 2 is 2.31 bits per heavy atom. The number of aryl methyl sites for hydroxylation is 2. The Hall–Kier alpha value is -1.58. The van der Waals surface area contributed by atoms with Crippen molar-refractivity contribution < 1.29 is 0 Å². The molecule has 2 aromatic rings. The molecule has 2 heterocycles. The van der Waals surface area contributed by atoms with E-state index in [9.17, 15) is 0 Å². The Kier molecular flexibility index (Phi) is 1.88. The molecule has 0 aliphatic rings. The molecule has 0 fully saturated rings. The summed E-state index contributed by atoms with van der Waals surface area (Å²) in [4.78, 5) is 0. The van der Waals surface area contributed by atoms with E-state index in [1.165, 1.54) is 5.69 Å². The van der Waals surface area contributed by atoms with Crippen LogP contribution in [-0.2, 0) is 13.6 Å². The highest BCUT2D eigenvalue weighted by Crippen LogP contribution is 2.03. The molecule has 0 spiro atoms. The van der Waals surface area contributed by atoms with Gasteiger partial charge in [-0.1, -0.05) is 0 Å². The maximum absolute atomic E-state index is 4.27. The second kappa shape index (κ2) is 3.05. The van der Waals surface area contributed by atoms with Gasteiger partial charge in [0.05, 0.1) is 17.9 Å². The average molecular weight is 176 g/mol. The van der Waals surface area contributed by atoms with Gasteiger partial charge in [0.15, 0.2) is 0 Å². The van der Waals surface area contributed by atoms with Crippen LogP contribution in [0, 0.1) is 6.92 Å². The Morgan fingerprint density at radius 3 is 2.85 bits per heavy atom. The molecule has 0 atom stereocenters. The van der Waals surface area contributed by atoms with Crippen molar-refractivity contribution in [1.29, 1.82) is 0 Å². The van der Waals surface area contributed by atoms with Gasteiger partial charge >= 0.3 is 0 Å². The molecule has 4 heteroatoms. The molecule has 68 valence electrons. The van der Waals surface area contributed by atoms with E-state index in [0.29, 0.717) is 0 Å². The third-order valence-corrected chi connectivity index (χ3v) is 1.98. The SMILES string of the molecule is Cc1cc(Cn2cccn2)n(C)n1. The number of nitrogens with zero attached hydrogens (tertiary/aromatic N) is 4. The highest BCUT2D eigenvalue weighted by atomic mass is 15.3. The molecule has 0 aliphatic heterocycles. The van der Waals surface area contributed by atoms with Crippen LogP contribution in [0.1, 0.15) is 11.4 Å². The largest absolute Gasteiger partial charge is 0.270 e. The van der Waals surface area contributed by atoms with Crippen molar-refractivity contribution >= 4 is 0 Å². The van der Waals surface area contributed by atoms with Crippen molar-refractivity contribution in [3.63, 3.8) is 0 Å². The smallest absolute Gasteiger partial charge is 0.0828 e. The molecular formula is C9H12N4. The van der Waals surface area contributed by atoms with Crippen LogP contribution in [0.2, 0.25) is 0 Å². The summed E-state index contributed by atoms with van der Waals surface area (Å²) in [7, 11) is 1.95. The molecule has 2 aromatic heterocycles. The second-order valence-corrected chi connectivity index (χ2v) is 3.10. The van der Waals surface area contributed by atoms with E-state index >= 15 is 0 Å². The average Bonchev–Trinajstić information content (AvgIpc) is 2.63. The molecule has 0 saturated carbocycles. The van der Waals surface area contributed by atoms with Crippen LogP contribution in [0.4, 0.5) is 0 Å². The molecule has 4 nitrogen and oxygen atoms in total. The fourth-order valence-electron chi connectivity index (χ4n) is 1.37. The van der Waals surface area contributed by atoms with Crippen molar-refractivity contribution in [3.8, 4) is 0 Å². The number of rotatable bonds is 2. The molecule has 0 N–H and O–H groups in total. The highest BCUT2D eigenvalue weighted by molar-refractivity contribution is 5.08. The zero-order valence-corrected chi connectivity index (χ0v) is 7.81. The van der Waals surface area contributed by atoms with E-state index in [1.54, 1.807) is 6.20 Å². The van der Waals surface area contributed by atoms with Crippen LogP contribution in [0.15, 0.2) is 24.5 Å². The van der Waals surface area contributed by atoms with Crippen LogP contribution in [0.25, 0.3) is 0 Å². The highest BCUT2D eigenvalue weighted by Gasteiger charge is 2.01. The molecule has 13 heavy (non-hydrogen) atoms. The molecule has 0 saturated heterocycles. The zero-order valence-electron chi connectivity index (χ0n) is 7.81. The number of hydrogen-bond donors (Lipinski definition) is 0. The van der Waals surface area contributed by atoms with Crippen LogP contribution in [0.5, 0.6) is 0 Å². The maximum Gasteiger partial charge on any atom is 0.0828 e. The molecule has 2 rings (SSSR count). The summed E-state index contributed by atoms with van der Waals surface area (Å²) in [6.45, 7) is 2.77. The lowest BCUT2D eigenvalue weighted by Gasteiger charge is -2.00. The minimum absolute atomic E-state index is 0.782. The predicted molar refractivity (Wildman–Crippen MR) is 49.3 cm³/mol. The van der Waals surface area contributed by atoms with E-state index in [1.807, 2.05) is 35.6 Å². The summed E-state index contributed by atoms with van der Waals surface area (Å²) < 4.78 is 3.77. The van der Waals surface area contributed by atoms with Crippen LogP contribution >= 0.6 is 0 Å². The predicted octanol–water partition coefficient (Wildman–Crippen LogP) is 0.973. The van der Waals surface area contributed by atoms with Gasteiger partial charge in [0.25, 0.3) is 0 Å². The summed E-state index contributed by atoms with van der Waals surface area (Å²) in [6, 6.07) is 3.99. The third-order valence-electron chi connectivity index (χ3n) is 1.98. The number of aromatic nitrogens is 4. The minimum Gasteiger partial charge on any atom is -0.270 e. The zero-order chi connectivity index (χ0) is 9.26. The van der Waals surface area contributed by atoms with Gasteiger partial charge in [-0.15, -0.1) is 0 Å². The summed E-state index contributed by atoms with van der Waals surface area (Å²) in [5.74, 6) is 0. The Morgan fingerprint density at radius 1 is 1.46 bits per heavy atom. The maximum atomic E-state index is 4.27. The fourth-order valence-corrected chi connectivity index (χ4v) is 1.37. The topological polar surface area (TPSA) is 35.6 Å². The Labute approximate surface area is 76.8 Å². The van der Waals surface area contributed by atoms with Gasteiger partial charge in [0, 0.05) is 19.4 Å². The van der Waals surface area contributed by atoms with Gasteiger partial charge in [0.1, 0.15) is 0 Å². The molecule has 0 bridgehead atoms. The van der Waals surface area contributed by atoms with Gasteiger partial charge in [-0.05, 0) is 19.1 Å². The lowest BCUT2D eigenvalue weighted by atomic mass is 10.4. The minimum atomic E-state index is 0.782. The quantitative estimate of drug-likeness (QED) is 0.683. The van der Waals surface area contributed by atoms with Crippen LogP contribution in [0.3, 0.4) is 0 Å². The molecule has 0 radical (unpaired) electrons.